The summed E-state index contributed by atoms with van der Waals surface area (Å²) in [4.78, 5) is 0. The van der Waals surface area contributed by atoms with E-state index in [1.807, 2.05) is 0 Å². The molecule has 0 N–H and O–H groups in total. The Morgan fingerprint density at radius 3 is 1.33 bits per heavy atom. The number of alkyl halides is 6. The standard InChI is InChI=1S/C12H16F6/c13-11(14,15)9-5-8(7-3-1-2-4-7)6-10(9)12(16,17)18/h7-10H,1-6H2. The third kappa shape index (κ3) is 2.77. The van der Waals surface area contributed by atoms with E-state index in [0.29, 0.717) is 0 Å². The molecule has 0 amide bonds. The number of rotatable bonds is 1. The van der Waals surface area contributed by atoms with Gasteiger partial charge in [0, 0.05) is 0 Å². The fourth-order valence-corrected chi connectivity index (χ4v) is 3.61. The van der Waals surface area contributed by atoms with Gasteiger partial charge in [-0.05, 0) is 24.7 Å². The van der Waals surface area contributed by atoms with E-state index in [1.54, 1.807) is 0 Å². The van der Waals surface area contributed by atoms with Gasteiger partial charge in [-0.25, -0.2) is 0 Å². The Morgan fingerprint density at radius 1 is 0.611 bits per heavy atom. The highest BCUT2D eigenvalue weighted by atomic mass is 19.4. The molecule has 2 unspecified atom stereocenters. The molecular weight excluding hydrogens is 258 g/mol. The lowest BCUT2D eigenvalue weighted by molar-refractivity contribution is -0.245. The maximum atomic E-state index is 12.7. The molecule has 0 aromatic heterocycles. The minimum Gasteiger partial charge on any atom is -0.171 e. The Hall–Kier alpha value is -0.420. The molecule has 0 bridgehead atoms. The van der Waals surface area contributed by atoms with Crippen LogP contribution < -0.4 is 0 Å². The summed E-state index contributed by atoms with van der Waals surface area (Å²) in [7, 11) is 0. The van der Waals surface area contributed by atoms with Crippen molar-refractivity contribution in [2.24, 2.45) is 23.7 Å². The largest absolute Gasteiger partial charge is 0.392 e. The summed E-state index contributed by atoms with van der Waals surface area (Å²) in [6, 6.07) is 0. The van der Waals surface area contributed by atoms with Crippen LogP contribution in [-0.2, 0) is 0 Å². The van der Waals surface area contributed by atoms with Crippen LogP contribution in [0, 0.1) is 23.7 Å². The zero-order valence-corrected chi connectivity index (χ0v) is 9.82. The topological polar surface area (TPSA) is 0 Å². The van der Waals surface area contributed by atoms with E-state index in [9.17, 15) is 26.3 Å². The van der Waals surface area contributed by atoms with E-state index >= 15 is 0 Å². The molecule has 0 spiro atoms. The molecule has 0 radical (unpaired) electrons. The van der Waals surface area contributed by atoms with Crippen LogP contribution >= 0.6 is 0 Å². The van der Waals surface area contributed by atoms with Gasteiger partial charge >= 0.3 is 12.4 Å². The van der Waals surface area contributed by atoms with Crippen molar-refractivity contribution in [3.63, 3.8) is 0 Å². The fourth-order valence-electron chi connectivity index (χ4n) is 3.61. The molecule has 2 aliphatic rings. The average Bonchev–Trinajstić information content (AvgIpc) is 2.84. The zero-order chi connectivity index (χ0) is 13.6. The minimum absolute atomic E-state index is 0.0715. The van der Waals surface area contributed by atoms with Crippen LogP contribution in [0.5, 0.6) is 0 Å². The Bertz CT molecular complexity index is 264. The van der Waals surface area contributed by atoms with Gasteiger partial charge in [-0.15, -0.1) is 0 Å². The highest BCUT2D eigenvalue weighted by Gasteiger charge is 2.60. The van der Waals surface area contributed by atoms with Crippen molar-refractivity contribution < 1.29 is 26.3 Å². The van der Waals surface area contributed by atoms with Gasteiger partial charge in [0.1, 0.15) is 0 Å². The van der Waals surface area contributed by atoms with E-state index in [1.165, 1.54) is 0 Å². The third-order valence-electron chi connectivity index (χ3n) is 4.51. The lowest BCUT2D eigenvalue weighted by Crippen LogP contribution is -2.35. The third-order valence-corrected chi connectivity index (χ3v) is 4.51. The van der Waals surface area contributed by atoms with Crippen LogP contribution in [0.25, 0.3) is 0 Å². The molecular formula is C12H16F6. The second-order valence-corrected chi connectivity index (χ2v) is 5.57. The maximum absolute atomic E-state index is 12.7. The van der Waals surface area contributed by atoms with E-state index in [-0.39, 0.29) is 18.8 Å². The van der Waals surface area contributed by atoms with Gasteiger partial charge in [0.25, 0.3) is 0 Å². The molecule has 2 atom stereocenters. The molecule has 0 nitrogen and oxygen atoms in total. The maximum Gasteiger partial charge on any atom is 0.392 e. The van der Waals surface area contributed by atoms with Gasteiger partial charge in [-0.1, -0.05) is 25.7 Å². The molecule has 106 valence electrons. The van der Waals surface area contributed by atoms with Crippen molar-refractivity contribution in [3.05, 3.63) is 0 Å². The molecule has 2 fully saturated rings. The molecule has 0 aromatic rings. The quantitative estimate of drug-likeness (QED) is 0.594. The Labute approximate surface area is 102 Å². The Kier molecular flexibility index (Phi) is 3.58. The second kappa shape index (κ2) is 4.60. The molecule has 0 heterocycles. The predicted molar refractivity (Wildman–Crippen MR) is 53.8 cm³/mol. The summed E-state index contributed by atoms with van der Waals surface area (Å²) in [5, 5.41) is 0. The van der Waals surface area contributed by atoms with Gasteiger partial charge < -0.3 is 0 Å². The van der Waals surface area contributed by atoms with E-state index in [2.05, 4.69) is 0 Å². The monoisotopic (exact) mass is 274 g/mol. The normalized spacial score (nSPS) is 35.3. The van der Waals surface area contributed by atoms with Crippen molar-refractivity contribution in [1.29, 1.82) is 0 Å². The summed E-state index contributed by atoms with van der Waals surface area (Å²) in [6.45, 7) is 0. The first kappa shape index (κ1) is 14.0. The highest BCUT2D eigenvalue weighted by molar-refractivity contribution is 4.94. The lowest BCUT2D eigenvalue weighted by atomic mass is 9.88. The zero-order valence-electron chi connectivity index (χ0n) is 9.82. The first-order valence-electron chi connectivity index (χ1n) is 6.33. The van der Waals surface area contributed by atoms with Crippen LogP contribution in [0.15, 0.2) is 0 Å². The Morgan fingerprint density at radius 2 is 1.00 bits per heavy atom. The van der Waals surface area contributed by atoms with Crippen LogP contribution in [0.4, 0.5) is 26.3 Å². The molecule has 6 heteroatoms. The smallest absolute Gasteiger partial charge is 0.171 e. The van der Waals surface area contributed by atoms with Crippen LogP contribution in [0.3, 0.4) is 0 Å². The van der Waals surface area contributed by atoms with Crippen molar-refractivity contribution in [2.75, 3.05) is 0 Å². The lowest BCUT2D eigenvalue weighted by Gasteiger charge is -2.24. The van der Waals surface area contributed by atoms with Gasteiger partial charge in [0.05, 0.1) is 11.8 Å². The molecule has 2 saturated carbocycles. The van der Waals surface area contributed by atoms with Gasteiger partial charge in [-0.3, -0.25) is 0 Å². The summed E-state index contributed by atoms with van der Waals surface area (Å²) in [6.07, 6.45) is -6.67. The molecule has 0 aromatic carbocycles. The van der Waals surface area contributed by atoms with Gasteiger partial charge in [-0.2, -0.15) is 26.3 Å². The van der Waals surface area contributed by atoms with Crippen molar-refractivity contribution >= 4 is 0 Å². The predicted octanol–water partition coefficient (Wildman–Crippen LogP) is 4.94. The molecule has 2 aliphatic carbocycles. The van der Waals surface area contributed by atoms with Crippen molar-refractivity contribution in [1.82, 2.24) is 0 Å². The van der Waals surface area contributed by atoms with Gasteiger partial charge in [0.15, 0.2) is 0 Å². The van der Waals surface area contributed by atoms with E-state index in [0.717, 1.165) is 25.7 Å². The number of halogens is 6. The molecule has 0 aliphatic heterocycles. The minimum atomic E-state index is -4.73. The second-order valence-electron chi connectivity index (χ2n) is 5.57. The van der Waals surface area contributed by atoms with E-state index in [4.69, 9.17) is 0 Å². The van der Waals surface area contributed by atoms with Crippen molar-refractivity contribution in [3.8, 4) is 0 Å². The fraction of sp³-hybridized carbons (Fsp3) is 1.00. The van der Waals surface area contributed by atoms with Gasteiger partial charge in [0.2, 0.25) is 0 Å². The summed E-state index contributed by atoms with van der Waals surface area (Å²) in [5.74, 6) is -4.71. The van der Waals surface area contributed by atoms with Crippen LogP contribution in [-0.4, -0.2) is 12.4 Å². The highest BCUT2D eigenvalue weighted by Crippen LogP contribution is 2.55. The summed E-state index contributed by atoms with van der Waals surface area (Å²) < 4.78 is 76.2. The summed E-state index contributed by atoms with van der Waals surface area (Å²) >= 11 is 0. The van der Waals surface area contributed by atoms with E-state index < -0.39 is 30.1 Å². The number of hydrogen-bond acceptors (Lipinski definition) is 0. The first-order chi connectivity index (χ1) is 8.19. The Balaban J connectivity index is 2.12. The van der Waals surface area contributed by atoms with Crippen molar-refractivity contribution in [2.45, 2.75) is 50.9 Å². The molecule has 2 rings (SSSR count). The molecule has 18 heavy (non-hydrogen) atoms. The van der Waals surface area contributed by atoms with Crippen LogP contribution in [0.1, 0.15) is 38.5 Å². The average molecular weight is 274 g/mol. The van der Waals surface area contributed by atoms with Crippen LogP contribution in [0.2, 0.25) is 0 Å². The summed E-state index contributed by atoms with van der Waals surface area (Å²) in [5.41, 5.74) is 0. The molecule has 0 saturated heterocycles. The number of hydrogen-bond donors (Lipinski definition) is 0. The first-order valence-corrected chi connectivity index (χ1v) is 6.33. The SMILES string of the molecule is FC(F)(F)C1CC(C2CCCC2)CC1C(F)(F)F.